The van der Waals surface area contributed by atoms with Crippen LogP contribution in [0.5, 0.6) is 0 Å². The highest BCUT2D eigenvalue weighted by Gasteiger charge is 2.39. The number of rotatable bonds is 1. The number of halogens is 1. The molecule has 2 aromatic heterocycles. The fourth-order valence-electron chi connectivity index (χ4n) is 3.58. The molecule has 0 bridgehead atoms. The number of aromatic nitrogens is 2. The Morgan fingerprint density at radius 3 is 2.64 bits per heavy atom. The van der Waals surface area contributed by atoms with Gasteiger partial charge in [0.25, 0.3) is 5.78 Å². The smallest absolute Gasteiger partial charge is 0.252 e. The average Bonchev–Trinajstić information content (AvgIpc) is 2.94. The molecule has 2 heterocycles. The van der Waals surface area contributed by atoms with Gasteiger partial charge in [0.2, 0.25) is 5.78 Å². The predicted molar refractivity (Wildman–Crippen MR) is 87.0 cm³/mol. The normalized spacial score (nSPS) is 19.9. The van der Waals surface area contributed by atoms with E-state index in [1.807, 2.05) is 18.2 Å². The van der Waals surface area contributed by atoms with Crippen LogP contribution in [-0.4, -0.2) is 21.0 Å². The van der Waals surface area contributed by atoms with Crippen molar-refractivity contribution >= 4 is 37.6 Å². The van der Waals surface area contributed by atoms with Crippen LogP contribution in [0.15, 0.2) is 30.0 Å². The fraction of sp³-hybridized carbons (Fsp3) is 0.353. The lowest BCUT2D eigenvalue weighted by atomic mass is 9.79. The number of allylic oxidation sites excluding steroid dienone is 1. The molecule has 5 heteroatoms. The molecule has 4 rings (SSSR count). The minimum absolute atomic E-state index is 0.178. The molecule has 1 saturated carbocycles. The molecule has 0 saturated heterocycles. The monoisotopic (exact) mass is 358 g/mol. The molecule has 0 aromatic carbocycles. The van der Waals surface area contributed by atoms with Crippen molar-refractivity contribution in [1.29, 1.82) is 0 Å². The van der Waals surface area contributed by atoms with Crippen LogP contribution < -0.4 is 0 Å². The standard InChI is InChI=1S/C17H15BrN2O2/c18-13-12(10-6-2-1-3-7-10)16(21)17(22)15-14(13)19-11-8-4-5-9-20(11)15/h4-5,8-10H,1-3,6-7H2. The summed E-state index contributed by atoms with van der Waals surface area (Å²) in [5, 5.41) is 0. The van der Waals surface area contributed by atoms with Crippen LogP contribution in [-0.2, 0) is 4.79 Å². The first-order valence-electron chi connectivity index (χ1n) is 7.64. The molecule has 0 atom stereocenters. The van der Waals surface area contributed by atoms with Crippen molar-refractivity contribution in [2.45, 2.75) is 32.1 Å². The van der Waals surface area contributed by atoms with Gasteiger partial charge in [0.15, 0.2) is 0 Å². The number of ketones is 2. The van der Waals surface area contributed by atoms with Crippen molar-refractivity contribution < 1.29 is 9.59 Å². The van der Waals surface area contributed by atoms with Gasteiger partial charge in [-0.15, -0.1) is 0 Å². The summed E-state index contributed by atoms with van der Waals surface area (Å²) < 4.78 is 2.41. The molecule has 2 aromatic rings. The molecule has 2 aliphatic carbocycles. The Hall–Kier alpha value is -1.75. The van der Waals surface area contributed by atoms with Crippen LogP contribution in [0.2, 0.25) is 0 Å². The minimum atomic E-state index is -0.433. The number of fused-ring (bicyclic) bond motifs is 3. The van der Waals surface area contributed by atoms with Crippen LogP contribution >= 0.6 is 15.9 Å². The van der Waals surface area contributed by atoms with Gasteiger partial charge in [-0.2, -0.15) is 0 Å². The van der Waals surface area contributed by atoms with E-state index in [4.69, 9.17) is 0 Å². The zero-order chi connectivity index (χ0) is 15.3. The third kappa shape index (κ3) is 1.92. The number of imidazole rings is 1. The topological polar surface area (TPSA) is 51.4 Å². The van der Waals surface area contributed by atoms with E-state index < -0.39 is 5.78 Å². The van der Waals surface area contributed by atoms with Gasteiger partial charge in [-0.3, -0.25) is 14.0 Å². The first-order valence-corrected chi connectivity index (χ1v) is 8.44. The van der Waals surface area contributed by atoms with Crippen LogP contribution in [0.3, 0.4) is 0 Å². The van der Waals surface area contributed by atoms with Crippen molar-refractivity contribution in [3.63, 3.8) is 0 Å². The molecule has 4 nitrogen and oxygen atoms in total. The Labute approximate surface area is 136 Å². The van der Waals surface area contributed by atoms with Crippen LogP contribution in [0.25, 0.3) is 10.1 Å². The van der Waals surface area contributed by atoms with Gasteiger partial charge in [-0.05, 0) is 46.8 Å². The summed E-state index contributed by atoms with van der Waals surface area (Å²) in [5.74, 6) is -0.619. The molecule has 2 aliphatic rings. The van der Waals surface area contributed by atoms with E-state index in [0.717, 1.165) is 25.7 Å². The summed E-state index contributed by atoms with van der Waals surface area (Å²) in [6.45, 7) is 0. The van der Waals surface area contributed by atoms with E-state index in [1.54, 1.807) is 10.6 Å². The maximum atomic E-state index is 12.7. The molecule has 0 N–H and O–H groups in total. The van der Waals surface area contributed by atoms with E-state index in [2.05, 4.69) is 20.9 Å². The maximum absolute atomic E-state index is 12.7. The Bertz CT molecular complexity index is 828. The maximum Gasteiger partial charge on any atom is 0.252 e. The van der Waals surface area contributed by atoms with Crippen LogP contribution in [0.4, 0.5) is 0 Å². The summed E-state index contributed by atoms with van der Waals surface area (Å²) in [5.41, 5.74) is 2.32. The number of pyridine rings is 1. The molecule has 0 spiro atoms. The first-order chi connectivity index (χ1) is 10.7. The number of hydrogen-bond acceptors (Lipinski definition) is 3. The van der Waals surface area contributed by atoms with Gasteiger partial charge in [0.1, 0.15) is 17.0 Å². The SMILES string of the molecule is O=C1C(=O)c2c(nc3ccccn23)C(Br)=C1C1CCCCC1. The van der Waals surface area contributed by atoms with Crippen molar-refractivity contribution in [3.8, 4) is 0 Å². The van der Waals surface area contributed by atoms with Crippen LogP contribution in [0.1, 0.15) is 48.3 Å². The Balaban J connectivity index is 1.94. The minimum Gasteiger partial charge on any atom is -0.296 e. The second-order valence-electron chi connectivity index (χ2n) is 5.96. The number of nitrogens with zero attached hydrogens (tertiary/aromatic N) is 2. The fourth-order valence-corrected chi connectivity index (χ4v) is 4.36. The van der Waals surface area contributed by atoms with Gasteiger partial charge in [-0.25, -0.2) is 4.98 Å². The lowest BCUT2D eigenvalue weighted by Gasteiger charge is -2.26. The summed E-state index contributed by atoms with van der Waals surface area (Å²) in [6, 6.07) is 5.55. The highest BCUT2D eigenvalue weighted by atomic mass is 79.9. The van der Waals surface area contributed by atoms with Crippen LogP contribution in [0, 0.1) is 5.92 Å². The highest BCUT2D eigenvalue weighted by Crippen LogP contribution is 2.41. The van der Waals surface area contributed by atoms with Crippen molar-refractivity contribution in [1.82, 2.24) is 9.38 Å². The lowest BCUT2D eigenvalue weighted by molar-refractivity contribution is -0.112. The Morgan fingerprint density at radius 2 is 1.86 bits per heavy atom. The molecule has 0 radical (unpaired) electrons. The van der Waals surface area contributed by atoms with E-state index in [9.17, 15) is 9.59 Å². The molecule has 1 fully saturated rings. The second-order valence-corrected chi connectivity index (χ2v) is 6.75. The van der Waals surface area contributed by atoms with E-state index in [-0.39, 0.29) is 11.7 Å². The summed E-state index contributed by atoms with van der Waals surface area (Å²) in [6.07, 6.45) is 7.18. The average molecular weight is 359 g/mol. The summed E-state index contributed by atoms with van der Waals surface area (Å²) in [4.78, 5) is 29.8. The first kappa shape index (κ1) is 13.9. The molecular formula is C17H15BrN2O2. The van der Waals surface area contributed by atoms with Crippen molar-refractivity contribution in [3.05, 3.63) is 41.4 Å². The van der Waals surface area contributed by atoms with E-state index in [0.29, 0.717) is 27.1 Å². The molecule has 0 aliphatic heterocycles. The third-order valence-corrected chi connectivity index (χ3v) is 5.46. The third-order valence-electron chi connectivity index (χ3n) is 4.65. The van der Waals surface area contributed by atoms with Gasteiger partial charge >= 0.3 is 0 Å². The van der Waals surface area contributed by atoms with E-state index >= 15 is 0 Å². The highest BCUT2D eigenvalue weighted by molar-refractivity contribution is 9.15. The lowest BCUT2D eigenvalue weighted by Crippen LogP contribution is -2.28. The number of carbonyl (C=O) groups is 2. The van der Waals surface area contributed by atoms with Gasteiger partial charge in [-0.1, -0.05) is 25.3 Å². The van der Waals surface area contributed by atoms with Gasteiger partial charge in [0, 0.05) is 11.8 Å². The summed E-state index contributed by atoms with van der Waals surface area (Å²) in [7, 11) is 0. The molecule has 22 heavy (non-hydrogen) atoms. The number of Topliss-reactive ketones (excluding diaryl/α,β-unsaturated/α-hetero) is 2. The Morgan fingerprint density at radius 1 is 1.09 bits per heavy atom. The largest absolute Gasteiger partial charge is 0.296 e. The summed E-state index contributed by atoms with van der Waals surface area (Å²) >= 11 is 3.57. The van der Waals surface area contributed by atoms with E-state index in [1.165, 1.54) is 6.42 Å². The van der Waals surface area contributed by atoms with Crippen molar-refractivity contribution in [2.75, 3.05) is 0 Å². The van der Waals surface area contributed by atoms with Crippen molar-refractivity contribution in [2.24, 2.45) is 5.92 Å². The number of carbonyl (C=O) groups excluding carboxylic acids is 2. The molecule has 0 amide bonds. The zero-order valence-corrected chi connectivity index (χ0v) is 13.6. The number of hydrogen-bond donors (Lipinski definition) is 0. The second kappa shape index (κ2) is 5.16. The zero-order valence-electron chi connectivity index (χ0n) is 12.0. The quantitative estimate of drug-likeness (QED) is 0.728. The molecular weight excluding hydrogens is 344 g/mol. The van der Waals surface area contributed by atoms with Gasteiger partial charge in [0.05, 0.1) is 4.48 Å². The molecule has 0 unspecified atom stereocenters. The molecule has 112 valence electrons. The van der Waals surface area contributed by atoms with Gasteiger partial charge < -0.3 is 0 Å². The predicted octanol–water partition coefficient (Wildman–Crippen LogP) is 3.79. The Kier molecular flexibility index (Phi) is 3.26.